The lowest BCUT2D eigenvalue weighted by Gasteiger charge is -2.28. The number of benzene rings is 1. The van der Waals surface area contributed by atoms with E-state index in [0.717, 1.165) is 0 Å². The third-order valence-electron chi connectivity index (χ3n) is 3.96. The van der Waals surface area contributed by atoms with Crippen LogP contribution in [0.15, 0.2) is 27.5 Å². The van der Waals surface area contributed by atoms with Crippen LogP contribution in [-0.4, -0.2) is 39.5 Å². The van der Waals surface area contributed by atoms with E-state index in [4.69, 9.17) is 16.3 Å². The van der Waals surface area contributed by atoms with Crippen LogP contribution in [0.4, 0.5) is 0 Å². The monoisotopic (exact) mass is 427 g/mol. The number of H-pyrrole nitrogens is 1. The van der Waals surface area contributed by atoms with E-state index in [1.165, 1.54) is 4.57 Å². The zero-order chi connectivity index (χ0) is 18.1. The van der Waals surface area contributed by atoms with E-state index in [-0.39, 0.29) is 30.4 Å². The minimum absolute atomic E-state index is 0.0955. The number of nitrogens with zero attached hydrogens (tertiary/aromatic N) is 2. The van der Waals surface area contributed by atoms with Gasteiger partial charge in [-0.2, -0.15) is 0 Å². The Kier molecular flexibility index (Phi) is 5.01. The number of rotatable bonds is 3. The molecule has 0 aliphatic carbocycles. The Bertz CT molecular complexity index is 905. The van der Waals surface area contributed by atoms with E-state index < -0.39 is 5.97 Å². The normalized spacial score (nSPS) is 13.5. The molecule has 0 saturated carbocycles. The molecule has 2 heterocycles. The maximum Gasteiger partial charge on any atom is 0.356 e. The van der Waals surface area contributed by atoms with Crippen LogP contribution in [0.25, 0.3) is 0 Å². The number of hydrogen-bond acceptors (Lipinski definition) is 4. The van der Waals surface area contributed by atoms with Crippen molar-refractivity contribution in [2.75, 3.05) is 13.2 Å². The molecule has 132 valence electrons. The molecule has 1 aliphatic heterocycles. The van der Waals surface area contributed by atoms with Gasteiger partial charge in [0.05, 0.1) is 23.9 Å². The molecule has 25 heavy (non-hydrogen) atoms. The molecule has 9 heteroatoms. The molecule has 0 spiro atoms. The van der Waals surface area contributed by atoms with E-state index in [0.29, 0.717) is 33.8 Å². The average molecular weight is 429 g/mol. The van der Waals surface area contributed by atoms with Gasteiger partial charge in [0, 0.05) is 23.1 Å². The van der Waals surface area contributed by atoms with Gasteiger partial charge >= 0.3 is 11.7 Å². The highest BCUT2D eigenvalue weighted by Crippen LogP contribution is 2.25. The molecule has 0 unspecified atom stereocenters. The van der Waals surface area contributed by atoms with Crippen LogP contribution in [0.5, 0.6) is 0 Å². The molecule has 2 aromatic rings. The predicted octanol–water partition coefficient (Wildman–Crippen LogP) is 2.42. The Hall–Kier alpha value is -2.06. The van der Waals surface area contributed by atoms with Gasteiger partial charge in [-0.1, -0.05) is 11.6 Å². The lowest BCUT2D eigenvalue weighted by molar-refractivity contribution is 0.0511. The van der Waals surface area contributed by atoms with Crippen molar-refractivity contribution in [3.05, 3.63) is 55.1 Å². The van der Waals surface area contributed by atoms with E-state index in [2.05, 4.69) is 20.9 Å². The average Bonchev–Trinajstić information content (AvgIpc) is 2.93. The molecule has 0 fully saturated rings. The van der Waals surface area contributed by atoms with Gasteiger partial charge in [0.2, 0.25) is 0 Å². The van der Waals surface area contributed by atoms with Crippen molar-refractivity contribution in [1.82, 2.24) is 14.5 Å². The summed E-state index contributed by atoms with van der Waals surface area (Å²) in [7, 11) is 0. The zero-order valence-electron chi connectivity index (χ0n) is 13.3. The molecule has 1 amide bonds. The SMILES string of the molecule is CCOC(=O)c1[nH]c(=O)n2c1CN(C(=O)c1ccc(Br)c(Cl)c1)CC2. The number of esters is 1. The minimum atomic E-state index is -0.602. The molecule has 0 saturated heterocycles. The van der Waals surface area contributed by atoms with Gasteiger partial charge in [-0.3, -0.25) is 14.3 Å². The molecule has 7 nitrogen and oxygen atoms in total. The lowest BCUT2D eigenvalue weighted by Crippen LogP contribution is -2.40. The van der Waals surface area contributed by atoms with E-state index in [9.17, 15) is 14.4 Å². The van der Waals surface area contributed by atoms with Gasteiger partial charge < -0.3 is 9.64 Å². The number of nitrogens with one attached hydrogen (secondary N) is 1. The van der Waals surface area contributed by atoms with Crippen LogP contribution in [0.2, 0.25) is 5.02 Å². The van der Waals surface area contributed by atoms with Crippen LogP contribution < -0.4 is 5.69 Å². The van der Waals surface area contributed by atoms with Crippen molar-refractivity contribution in [2.24, 2.45) is 0 Å². The molecular weight excluding hydrogens is 414 g/mol. The molecule has 0 radical (unpaired) electrons. The summed E-state index contributed by atoms with van der Waals surface area (Å²) in [6, 6.07) is 4.96. The predicted molar refractivity (Wildman–Crippen MR) is 94.9 cm³/mol. The molecule has 0 atom stereocenters. The maximum absolute atomic E-state index is 12.7. The van der Waals surface area contributed by atoms with Crippen LogP contribution in [0.1, 0.15) is 33.5 Å². The van der Waals surface area contributed by atoms with E-state index in [1.807, 2.05) is 0 Å². The molecule has 0 bridgehead atoms. The van der Waals surface area contributed by atoms with Crippen LogP contribution >= 0.6 is 27.5 Å². The minimum Gasteiger partial charge on any atom is -0.461 e. The molecule has 1 aromatic carbocycles. The Morgan fingerprint density at radius 1 is 1.36 bits per heavy atom. The first-order chi connectivity index (χ1) is 11.9. The number of hydrogen-bond donors (Lipinski definition) is 1. The Labute approximate surface area is 156 Å². The molecular formula is C16H15BrClN3O4. The third-order valence-corrected chi connectivity index (χ3v) is 5.19. The van der Waals surface area contributed by atoms with Gasteiger partial charge in [-0.05, 0) is 41.1 Å². The smallest absolute Gasteiger partial charge is 0.356 e. The van der Waals surface area contributed by atoms with Crippen molar-refractivity contribution < 1.29 is 14.3 Å². The molecule has 1 N–H and O–H groups in total. The van der Waals surface area contributed by atoms with Gasteiger partial charge in [0.15, 0.2) is 5.69 Å². The summed E-state index contributed by atoms with van der Waals surface area (Å²) in [5, 5.41) is 0.439. The zero-order valence-corrected chi connectivity index (χ0v) is 15.7. The van der Waals surface area contributed by atoms with Crippen molar-refractivity contribution in [2.45, 2.75) is 20.0 Å². The largest absolute Gasteiger partial charge is 0.461 e. The Balaban J connectivity index is 1.89. The van der Waals surface area contributed by atoms with E-state index in [1.54, 1.807) is 30.0 Å². The fourth-order valence-corrected chi connectivity index (χ4v) is 3.17. The highest BCUT2D eigenvalue weighted by molar-refractivity contribution is 9.10. The quantitative estimate of drug-likeness (QED) is 0.761. The summed E-state index contributed by atoms with van der Waals surface area (Å²) in [5.41, 5.74) is 0.610. The summed E-state index contributed by atoms with van der Waals surface area (Å²) in [5.74, 6) is -0.821. The summed E-state index contributed by atoms with van der Waals surface area (Å²) in [6.07, 6.45) is 0. The summed E-state index contributed by atoms with van der Waals surface area (Å²) < 4.78 is 7.13. The standard InChI is InChI=1S/C16H15BrClN3O4/c1-2-25-15(23)13-12-8-20(5-6-21(12)16(24)19-13)14(22)9-3-4-10(17)11(18)7-9/h3-4,7H,2,5-6,8H2,1H3,(H,19,24). The van der Waals surface area contributed by atoms with Gasteiger partial charge in [0.25, 0.3) is 5.91 Å². The number of ether oxygens (including phenoxy) is 1. The van der Waals surface area contributed by atoms with Crippen LogP contribution in [0.3, 0.4) is 0 Å². The van der Waals surface area contributed by atoms with Gasteiger partial charge in [-0.25, -0.2) is 9.59 Å². The maximum atomic E-state index is 12.7. The third kappa shape index (κ3) is 3.36. The number of aromatic nitrogens is 2. The van der Waals surface area contributed by atoms with Gasteiger partial charge in [0.1, 0.15) is 0 Å². The number of fused-ring (bicyclic) bond motifs is 1. The fraction of sp³-hybridized carbons (Fsp3) is 0.312. The highest BCUT2D eigenvalue weighted by Gasteiger charge is 2.29. The number of aromatic amines is 1. The lowest BCUT2D eigenvalue weighted by atomic mass is 10.1. The van der Waals surface area contributed by atoms with Crippen LogP contribution in [-0.2, 0) is 17.8 Å². The molecule has 1 aliphatic rings. The fourth-order valence-electron chi connectivity index (χ4n) is 2.74. The number of imidazole rings is 1. The Morgan fingerprint density at radius 3 is 2.80 bits per heavy atom. The molecule has 3 rings (SSSR count). The van der Waals surface area contributed by atoms with Crippen LogP contribution in [0, 0.1) is 0 Å². The summed E-state index contributed by atoms with van der Waals surface area (Å²) >= 11 is 9.34. The number of amides is 1. The first-order valence-corrected chi connectivity index (χ1v) is 8.82. The van der Waals surface area contributed by atoms with Crippen molar-refractivity contribution in [1.29, 1.82) is 0 Å². The second-order valence-electron chi connectivity index (χ2n) is 5.48. The van der Waals surface area contributed by atoms with Crippen molar-refractivity contribution >= 4 is 39.4 Å². The summed E-state index contributed by atoms with van der Waals surface area (Å²) in [4.78, 5) is 40.8. The Morgan fingerprint density at radius 2 is 2.12 bits per heavy atom. The highest BCUT2D eigenvalue weighted by atomic mass is 79.9. The summed E-state index contributed by atoms with van der Waals surface area (Å²) in [6.45, 7) is 2.69. The molecule has 1 aromatic heterocycles. The second-order valence-corrected chi connectivity index (χ2v) is 6.74. The number of carbonyl (C=O) groups excluding carboxylic acids is 2. The second kappa shape index (κ2) is 7.05. The number of carbonyl (C=O) groups is 2. The topological polar surface area (TPSA) is 84.4 Å². The number of halogens is 2. The van der Waals surface area contributed by atoms with Crippen molar-refractivity contribution in [3.63, 3.8) is 0 Å². The van der Waals surface area contributed by atoms with Gasteiger partial charge in [-0.15, -0.1) is 0 Å². The van der Waals surface area contributed by atoms with Crippen molar-refractivity contribution in [3.8, 4) is 0 Å². The first-order valence-electron chi connectivity index (χ1n) is 7.65. The van der Waals surface area contributed by atoms with E-state index >= 15 is 0 Å². The first kappa shape index (κ1) is 17.8.